The Morgan fingerprint density at radius 2 is 1.93 bits per heavy atom. The van der Waals surface area contributed by atoms with Crippen LogP contribution in [0.4, 0.5) is 0 Å². The SMILES string of the molecule is CC(C)(COCCN)S(=O)(=O)C1(C)CC1. The first-order valence-electron chi connectivity index (χ1n) is 5.29. The van der Waals surface area contributed by atoms with Gasteiger partial charge in [0.05, 0.1) is 22.7 Å². The van der Waals surface area contributed by atoms with Crippen molar-refractivity contribution >= 4 is 9.84 Å². The lowest BCUT2D eigenvalue weighted by atomic mass is 10.2. The second-order valence-corrected chi connectivity index (χ2v) is 8.15. The minimum Gasteiger partial charge on any atom is -0.379 e. The second kappa shape index (κ2) is 4.03. The maximum absolute atomic E-state index is 12.2. The van der Waals surface area contributed by atoms with Crippen LogP contribution in [0.3, 0.4) is 0 Å². The Labute approximate surface area is 92.1 Å². The lowest BCUT2D eigenvalue weighted by Gasteiger charge is -2.28. The Balaban J connectivity index is 2.68. The summed E-state index contributed by atoms with van der Waals surface area (Å²) in [7, 11) is -3.11. The number of hydrogen-bond acceptors (Lipinski definition) is 4. The smallest absolute Gasteiger partial charge is 0.163 e. The summed E-state index contributed by atoms with van der Waals surface area (Å²) in [5.41, 5.74) is 5.29. The molecule has 1 aliphatic rings. The van der Waals surface area contributed by atoms with Crippen LogP contribution in [0, 0.1) is 0 Å². The summed E-state index contributed by atoms with van der Waals surface area (Å²) in [6, 6.07) is 0. The van der Waals surface area contributed by atoms with Gasteiger partial charge in [0.2, 0.25) is 0 Å². The average Bonchev–Trinajstić information content (AvgIpc) is 2.85. The predicted octanol–water partition coefficient (Wildman–Crippen LogP) is 0.708. The van der Waals surface area contributed by atoms with Gasteiger partial charge in [0, 0.05) is 6.54 Å². The highest BCUT2D eigenvalue weighted by molar-refractivity contribution is 7.94. The number of hydrogen-bond donors (Lipinski definition) is 1. The highest BCUT2D eigenvalue weighted by Crippen LogP contribution is 2.47. The Bertz CT molecular complexity index is 318. The predicted molar refractivity (Wildman–Crippen MR) is 60.5 cm³/mol. The van der Waals surface area contributed by atoms with Gasteiger partial charge in [-0.15, -0.1) is 0 Å². The van der Waals surface area contributed by atoms with Crippen LogP contribution >= 0.6 is 0 Å². The molecule has 1 fully saturated rings. The topological polar surface area (TPSA) is 69.4 Å². The van der Waals surface area contributed by atoms with Crippen molar-refractivity contribution < 1.29 is 13.2 Å². The van der Waals surface area contributed by atoms with Crippen LogP contribution in [0.25, 0.3) is 0 Å². The molecular weight excluding hydrogens is 214 g/mol. The molecule has 0 unspecified atom stereocenters. The molecule has 1 saturated carbocycles. The third-order valence-corrected chi connectivity index (χ3v) is 6.32. The van der Waals surface area contributed by atoms with Gasteiger partial charge >= 0.3 is 0 Å². The lowest BCUT2D eigenvalue weighted by molar-refractivity contribution is 0.123. The summed E-state index contributed by atoms with van der Waals surface area (Å²) in [6.45, 7) is 6.32. The van der Waals surface area contributed by atoms with E-state index in [0.29, 0.717) is 13.2 Å². The zero-order valence-corrected chi connectivity index (χ0v) is 10.6. The molecule has 0 aromatic carbocycles. The van der Waals surface area contributed by atoms with Gasteiger partial charge in [0.1, 0.15) is 0 Å². The number of sulfone groups is 1. The van der Waals surface area contributed by atoms with Gasteiger partial charge in [-0.2, -0.15) is 0 Å². The maximum atomic E-state index is 12.2. The fraction of sp³-hybridized carbons (Fsp3) is 1.00. The highest BCUT2D eigenvalue weighted by atomic mass is 32.2. The third kappa shape index (κ3) is 2.34. The molecule has 0 heterocycles. The zero-order chi connectivity index (χ0) is 11.7. The Hall–Kier alpha value is -0.130. The zero-order valence-electron chi connectivity index (χ0n) is 9.75. The van der Waals surface area contributed by atoms with Crippen molar-refractivity contribution in [2.24, 2.45) is 5.73 Å². The number of nitrogens with two attached hydrogens (primary N) is 1. The van der Waals surface area contributed by atoms with Crippen LogP contribution in [0.5, 0.6) is 0 Å². The normalized spacial score (nSPS) is 20.3. The summed E-state index contributed by atoms with van der Waals surface area (Å²) in [5, 5.41) is 0. The lowest BCUT2D eigenvalue weighted by Crippen LogP contribution is -2.43. The molecule has 5 heteroatoms. The van der Waals surface area contributed by atoms with Crippen molar-refractivity contribution in [1.29, 1.82) is 0 Å². The maximum Gasteiger partial charge on any atom is 0.163 e. The van der Waals surface area contributed by atoms with E-state index < -0.39 is 19.3 Å². The van der Waals surface area contributed by atoms with E-state index >= 15 is 0 Å². The first-order valence-corrected chi connectivity index (χ1v) is 6.77. The van der Waals surface area contributed by atoms with Gasteiger partial charge in [-0.3, -0.25) is 0 Å². The van der Waals surface area contributed by atoms with E-state index in [0.717, 1.165) is 12.8 Å². The first kappa shape index (κ1) is 12.9. The Morgan fingerprint density at radius 1 is 1.40 bits per heavy atom. The van der Waals surface area contributed by atoms with Gasteiger partial charge in [0.15, 0.2) is 9.84 Å². The van der Waals surface area contributed by atoms with Crippen LogP contribution in [0.1, 0.15) is 33.6 Å². The molecule has 1 aliphatic carbocycles. The molecule has 0 aromatic heterocycles. The van der Waals surface area contributed by atoms with Crippen molar-refractivity contribution in [1.82, 2.24) is 0 Å². The minimum absolute atomic E-state index is 0.224. The van der Waals surface area contributed by atoms with Crippen molar-refractivity contribution in [3.63, 3.8) is 0 Å². The number of ether oxygens (including phenoxy) is 1. The molecule has 0 amide bonds. The molecule has 4 nitrogen and oxygen atoms in total. The van der Waals surface area contributed by atoms with Crippen molar-refractivity contribution in [2.45, 2.75) is 43.1 Å². The standard InChI is InChI=1S/C10H21NO3S/c1-9(2,8-14-7-6-11)15(12,13)10(3)4-5-10/h4-8,11H2,1-3H3. The van der Waals surface area contributed by atoms with Gasteiger partial charge in [0.25, 0.3) is 0 Å². The van der Waals surface area contributed by atoms with Crippen LogP contribution < -0.4 is 5.73 Å². The van der Waals surface area contributed by atoms with Crippen LogP contribution in [-0.4, -0.2) is 37.7 Å². The Morgan fingerprint density at radius 3 is 2.33 bits per heavy atom. The monoisotopic (exact) mass is 235 g/mol. The second-order valence-electron chi connectivity index (χ2n) is 5.05. The van der Waals surface area contributed by atoms with Crippen LogP contribution in [-0.2, 0) is 14.6 Å². The molecule has 0 radical (unpaired) electrons. The molecule has 15 heavy (non-hydrogen) atoms. The van der Waals surface area contributed by atoms with E-state index in [1.165, 1.54) is 0 Å². The molecule has 0 bridgehead atoms. The summed E-state index contributed by atoms with van der Waals surface area (Å²) in [6.07, 6.45) is 1.55. The molecule has 0 aromatic rings. The van der Waals surface area contributed by atoms with Crippen molar-refractivity contribution in [3.05, 3.63) is 0 Å². The quantitative estimate of drug-likeness (QED) is 0.688. The molecule has 0 atom stereocenters. The average molecular weight is 235 g/mol. The molecule has 0 aliphatic heterocycles. The summed E-state index contributed by atoms with van der Waals surface area (Å²) in [4.78, 5) is 0. The minimum atomic E-state index is -3.11. The van der Waals surface area contributed by atoms with Gasteiger partial charge in [-0.1, -0.05) is 0 Å². The van der Waals surface area contributed by atoms with E-state index in [9.17, 15) is 8.42 Å². The van der Waals surface area contributed by atoms with Gasteiger partial charge in [-0.25, -0.2) is 8.42 Å². The molecule has 90 valence electrons. The third-order valence-electron chi connectivity index (χ3n) is 3.04. The van der Waals surface area contributed by atoms with E-state index in [1.807, 2.05) is 6.92 Å². The summed E-state index contributed by atoms with van der Waals surface area (Å²) in [5.74, 6) is 0. The molecular formula is C10H21NO3S. The Kier molecular flexibility index (Phi) is 3.48. The molecule has 0 saturated heterocycles. The van der Waals surface area contributed by atoms with E-state index in [2.05, 4.69) is 0 Å². The highest BCUT2D eigenvalue weighted by Gasteiger charge is 2.56. The fourth-order valence-electron chi connectivity index (χ4n) is 1.59. The van der Waals surface area contributed by atoms with Crippen molar-refractivity contribution in [2.75, 3.05) is 19.8 Å². The summed E-state index contributed by atoms with van der Waals surface area (Å²) < 4.78 is 28.4. The van der Waals surface area contributed by atoms with E-state index in [-0.39, 0.29) is 6.61 Å². The van der Waals surface area contributed by atoms with Gasteiger partial charge < -0.3 is 10.5 Å². The molecule has 2 N–H and O–H groups in total. The van der Waals surface area contributed by atoms with E-state index in [4.69, 9.17) is 10.5 Å². The van der Waals surface area contributed by atoms with E-state index in [1.54, 1.807) is 13.8 Å². The van der Waals surface area contributed by atoms with Gasteiger partial charge in [-0.05, 0) is 33.6 Å². The molecule has 0 spiro atoms. The number of rotatable bonds is 6. The first-order chi connectivity index (χ1) is 6.77. The van der Waals surface area contributed by atoms with Crippen LogP contribution in [0.2, 0.25) is 0 Å². The van der Waals surface area contributed by atoms with Crippen molar-refractivity contribution in [3.8, 4) is 0 Å². The van der Waals surface area contributed by atoms with Crippen LogP contribution in [0.15, 0.2) is 0 Å². The summed E-state index contributed by atoms with van der Waals surface area (Å²) >= 11 is 0. The largest absolute Gasteiger partial charge is 0.379 e. The fourth-order valence-corrected chi connectivity index (χ4v) is 3.80. The molecule has 1 rings (SSSR count).